The number of nitrogens with zero attached hydrogens (tertiary/aromatic N) is 2. The van der Waals surface area contributed by atoms with Gasteiger partial charge in [0.05, 0.1) is 0 Å². The molecule has 1 saturated carbocycles. The van der Waals surface area contributed by atoms with E-state index in [1.54, 1.807) is 0 Å². The minimum absolute atomic E-state index is 0.435. The maximum Gasteiger partial charge on any atom is 0.195 e. The number of H-pyrrole nitrogens is 1. The Balaban J connectivity index is 2.30. The third-order valence-electron chi connectivity index (χ3n) is 2.95. The van der Waals surface area contributed by atoms with E-state index in [2.05, 4.69) is 35.5 Å². The van der Waals surface area contributed by atoms with E-state index in [1.165, 1.54) is 12.8 Å². The first-order valence-corrected chi connectivity index (χ1v) is 5.58. The molecule has 3 nitrogen and oxygen atoms in total. The average molecular weight is 211 g/mol. The number of hydrogen-bond donors (Lipinski definition) is 1. The molecule has 0 aliphatic heterocycles. The number of aromatic nitrogens is 3. The van der Waals surface area contributed by atoms with E-state index in [9.17, 15) is 0 Å². The lowest BCUT2D eigenvalue weighted by molar-refractivity contribution is 0.443. The molecular weight excluding hydrogens is 194 g/mol. The molecule has 0 amide bonds. The second-order valence-corrected chi connectivity index (χ2v) is 5.33. The Morgan fingerprint density at radius 2 is 2.21 bits per heavy atom. The summed E-state index contributed by atoms with van der Waals surface area (Å²) >= 11 is 5.23. The molecule has 1 aromatic heterocycles. The summed E-state index contributed by atoms with van der Waals surface area (Å²) in [7, 11) is 0. The lowest BCUT2D eigenvalue weighted by atomic mass is 10.1. The highest BCUT2D eigenvalue weighted by molar-refractivity contribution is 7.71. The Morgan fingerprint density at radius 1 is 1.57 bits per heavy atom. The molecular formula is C10H17N3S. The first-order valence-electron chi connectivity index (χ1n) is 5.17. The predicted molar refractivity (Wildman–Crippen MR) is 58.8 cm³/mol. The van der Waals surface area contributed by atoms with Crippen molar-refractivity contribution in [2.45, 2.75) is 46.1 Å². The van der Waals surface area contributed by atoms with Crippen LogP contribution in [0.1, 0.15) is 45.4 Å². The van der Waals surface area contributed by atoms with E-state index in [-0.39, 0.29) is 0 Å². The van der Waals surface area contributed by atoms with Crippen LogP contribution in [-0.4, -0.2) is 14.8 Å². The van der Waals surface area contributed by atoms with Gasteiger partial charge in [0.2, 0.25) is 0 Å². The third kappa shape index (κ3) is 1.75. The highest BCUT2D eigenvalue weighted by atomic mass is 32.1. The summed E-state index contributed by atoms with van der Waals surface area (Å²) in [6, 6.07) is 0. The second kappa shape index (κ2) is 3.19. The van der Waals surface area contributed by atoms with Crippen molar-refractivity contribution in [3.8, 4) is 0 Å². The molecule has 0 atom stereocenters. The van der Waals surface area contributed by atoms with Crippen LogP contribution in [0.2, 0.25) is 0 Å². The summed E-state index contributed by atoms with van der Waals surface area (Å²) < 4.78 is 2.93. The van der Waals surface area contributed by atoms with E-state index < -0.39 is 0 Å². The quantitative estimate of drug-likeness (QED) is 0.780. The Morgan fingerprint density at radius 3 is 2.71 bits per heavy atom. The summed E-state index contributed by atoms with van der Waals surface area (Å²) in [6.45, 7) is 7.63. The molecule has 1 heterocycles. The molecule has 0 unspecified atom stereocenters. The van der Waals surface area contributed by atoms with E-state index >= 15 is 0 Å². The van der Waals surface area contributed by atoms with Crippen molar-refractivity contribution in [3.63, 3.8) is 0 Å². The standard InChI is InChI=1S/C10H17N3S/c1-7(2)8-11-12-9(14)13(8)6-10(3)4-5-10/h7H,4-6H2,1-3H3,(H,12,14). The molecule has 14 heavy (non-hydrogen) atoms. The molecule has 1 aliphatic rings. The Labute approximate surface area is 89.5 Å². The van der Waals surface area contributed by atoms with E-state index in [1.807, 2.05) is 0 Å². The minimum Gasteiger partial charge on any atom is -0.303 e. The van der Waals surface area contributed by atoms with Crippen LogP contribution < -0.4 is 0 Å². The minimum atomic E-state index is 0.435. The van der Waals surface area contributed by atoms with E-state index in [0.29, 0.717) is 11.3 Å². The monoisotopic (exact) mass is 211 g/mol. The Kier molecular flexibility index (Phi) is 2.26. The molecule has 1 N–H and O–H groups in total. The van der Waals surface area contributed by atoms with Crippen LogP contribution in [0.3, 0.4) is 0 Å². The normalized spacial score (nSPS) is 18.9. The van der Waals surface area contributed by atoms with Crippen molar-refractivity contribution in [1.29, 1.82) is 0 Å². The zero-order valence-corrected chi connectivity index (χ0v) is 9.82. The Hall–Kier alpha value is -0.640. The highest BCUT2D eigenvalue weighted by Gasteiger charge is 2.38. The van der Waals surface area contributed by atoms with Crippen LogP contribution >= 0.6 is 12.2 Å². The second-order valence-electron chi connectivity index (χ2n) is 4.94. The molecule has 0 aromatic carbocycles. The van der Waals surface area contributed by atoms with Crippen LogP contribution in [-0.2, 0) is 6.54 Å². The molecule has 1 aromatic rings. The molecule has 0 saturated heterocycles. The fourth-order valence-electron chi connectivity index (χ4n) is 1.68. The zero-order chi connectivity index (χ0) is 10.3. The fourth-order valence-corrected chi connectivity index (χ4v) is 1.88. The third-order valence-corrected chi connectivity index (χ3v) is 3.26. The van der Waals surface area contributed by atoms with Crippen molar-refractivity contribution in [3.05, 3.63) is 10.6 Å². The van der Waals surface area contributed by atoms with Gasteiger partial charge in [-0.1, -0.05) is 20.8 Å². The summed E-state index contributed by atoms with van der Waals surface area (Å²) in [4.78, 5) is 0. The zero-order valence-electron chi connectivity index (χ0n) is 9.00. The first-order chi connectivity index (χ1) is 6.52. The Bertz CT molecular complexity index is 384. The van der Waals surface area contributed by atoms with Gasteiger partial charge in [0.1, 0.15) is 5.82 Å². The van der Waals surface area contributed by atoms with Gasteiger partial charge < -0.3 is 4.57 Å². The summed E-state index contributed by atoms with van der Waals surface area (Å²) in [5.74, 6) is 1.52. The van der Waals surface area contributed by atoms with Crippen LogP contribution in [0.5, 0.6) is 0 Å². The molecule has 0 bridgehead atoms. The van der Waals surface area contributed by atoms with Crippen molar-refractivity contribution in [2.75, 3.05) is 0 Å². The van der Waals surface area contributed by atoms with E-state index in [0.717, 1.165) is 17.1 Å². The number of aromatic amines is 1. The van der Waals surface area contributed by atoms with Gasteiger partial charge in [-0.3, -0.25) is 5.10 Å². The van der Waals surface area contributed by atoms with Crippen molar-refractivity contribution >= 4 is 12.2 Å². The number of nitrogens with one attached hydrogen (secondary N) is 1. The first kappa shape index (κ1) is 9.90. The molecule has 1 fully saturated rings. The van der Waals surface area contributed by atoms with Crippen molar-refractivity contribution in [2.24, 2.45) is 5.41 Å². The van der Waals surface area contributed by atoms with Gasteiger partial charge >= 0.3 is 0 Å². The van der Waals surface area contributed by atoms with Crippen molar-refractivity contribution in [1.82, 2.24) is 14.8 Å². The summed E-state index contributed by atoms with van der Waals surface area (Å²) in [5.41, 5.74) is 0.478. The van der Waals surface area contributed by atoms with E-state index in [4.69, 9.17) is 12.2 Å². The van der Waals surface area contributed by atoms with Gasteiger partial charge in [-0.05, 0) is 30.5 Å². The summed E-state index contributed by atoms with van der Waals surface area (Å²) in [6.07, 6.45) is 2.63. The van der Waals surface area contributed by atoms with Gasteiger partial charge in [0, 0.05) is 12.5 Å². The molecule has 78 valence electrons. The highest BCUT2D eigenvalue weighted by Crippen LogP contribution is 2.46. The molecule has 4 heteroatoms. The van der Waals surface area contributed by atoms with Gasteiger partial charge in [-0.2, -0.15) is 5.10 Å². The lowest BCUT2D eigenvalue weighted by Gasteiger charge is -2.13. The SMILES string of the molecule is CC(C)c1n[nH]c(=S)n1CC1(C)CC1. The molecule has 1 aliphatic carbocycles. The lowest BCUT2D eigenvalue weighted by Crippen LogP contribution is -2.12. The van der Waals surface area contributed by atoms with Crippen LogP contribution in [0.25, 0.3) is 0 Å². The van der Waals surface area contributed by atoms with Gasteiger partial charge in [-0.15, -0.1) is 0 Å². The molecule has 0 radical (unpaired) electrons. The smallest absolute Gasteiger partial charge is 0.195 e. The van der Waals surface area contributed by atoms with Crippen LogP contribution in [0.4, 0.5) is 0 Å². The number of rotatable bonds is 3. The molecule has 2 rings (SSSR count). The largest absolute Gasteiger partial charge is 0.303 e. The van der Waals surface area contributed by atoms with Gasteiger partial charge in [-0.25, -0.2) is 0 Å². The maximum absolute atomic E-state index is 5.23. The van der Waals surface area contributed by atoms with Gasteiger partial charge in [0.25, 0.3) is 0 Å². The average Bonchev–Trinajstić information content (AvgIpc) is 2.70. The maximum atomic E-state index is 5.23. The topological polar surface area (TPSA) is 33.6 Å². The molecule has 0 spiro atoms. The fraction of sp³-hybridized carbons (Fsp3) is 0.800. The van der Waals surface area contributed by atoms with Gasteiger partial charge in [0.15, 0.2) is 4.77 Å². The van der Waals surface area contributed by atoms with Crippen molar-refractivity contribution < 1.29 is 0 Å². The number of hydrogen-bond acceptors (Lipinski definition) is 2. The predicted octanol–water partition coefficient (Wildman–Crippen LogP) is 2.86. The van der Waals surface area contributed by atoms with Crippen LogP contribution in [0, 0.1) is 10.2 Å². The summed E-state index contributed by atoms with van der Waals surface area (Å²) in [5, 5.41) is 7.16. The van der Waals surface area contributed by atoms with Crippen LogP contribution in [0.15, 0.2) is 0 Å².